The molecule has 0 spiro atoms. The first-order valence-electron chi connectivity index (χ1n) is 6.31. The molecular weight excluding hydrogens is 300 g/mol. The van der Waals surface area contributed by atoms with E-state index in [0.717, 1.165) is 0 Å². The van der Waals surface area contributed by atoms with Gasteiger partial charge in [0, 0.05) is 22.7 Å². The summed E-state index contributed by atoms with van der Waals surface area (Å²) >= 11 is 0. The van der Waals surface area contributed by atoms with Crippen LogP contribution in [0.1, 0.15) is 20.8 Å². The van der Waals surface area contributed by atoms with Crippen LogP contribution in [0.25, 0.3) is 0 Å². The van der Waals surface area contributed by atoms with Gasteiger partial charge in [-0.2, -0.15) is 0 Å². The predicted molar refractivity (Wildman–Crippen MR) is 81.1 cm³/mol. The van der Waals surface area contributed by atoms with Crippen LogP contribution in [-0.2, 0) is 9.05 Å². The van der Waals surface area contributed by atoms with Crippen LogP contribution in [0.4, 0.5) is 0 Å². The summed E-state index contributed by atoms with van der Waals surface area (Å²) in [4.78, 5) is 0. The fraction of sp³-hybridized carbons (Fsp3) is 0.571. The van der Waals surface area contributed by atoms with Crippen LogP contribution >= 0.6 is 10.7 Å². The van der Waals surface area contributed by atoms with Gasteiger partial charge >= 0.3 is 0 Å². The van der Waals surface area contributed by atoms with Crippen LogP contribution in [-0.4, -0.2) is 27.9 Å². The molecule has 0 bridgehead atoms. The molecule has 0 aromatic heterocycles. The van der Waals surface area contributed by atoms with Gasteiger partial charge < -0.3 is 9.47 Å². The zero-order chi connectivity index (χ0) is 15.4. The Kier molecular flexibility index (Phi) is 5.71. The summed E-state index contributed by atoms with van der Waals surface area (Å²) in [6.07, 6.45) is 0. The number of ether oxygens (including phenoxy) is 2. The second kappa shape index (κ2) is 6.68. The first-order valence-corrected chi connectivity index (χ1v) is 8.79. The van der Waals surface area contributed by atoms with Gasteiger partial charge in [-0.1, -0.05) is 26.8 Å². The minimum Gasteiger partial charge on any atom is -0.497 e. The summed E-state index contributed by atoms with van der Waals surface area (Å²) in [5.41, 5.74) is -0.221. The highest BCUT2D eigenvalue weighted by molar-refractivity contribution is 8.13. The van der Waals surface area contributed by atoms with Gasteiger partial charge in [-0.05, 0) is 17.5 Å². The molecule has 0 aliphatic carbocycles. The van der Waals surface area contributed by atoms with Crippen LogP contribution < -0.4 is 9.47 Å². The Balaban J connectivity index is 2.76. The van der Waals surface area contributed by atoms with Crippen molar-refractivity contribution in [2.24, 2.45) is 11.3 Å². The van der Waals surface area contributed by atoms with Gasteiger partial charge in [-0.3, -0.25) is 0 Å². The SMILES string of the molecule is COc1cccc(OCC(CS(=O)(=O)Cl)C(C)(C)C)c1. The molecule has 0 aliphatic rings. The number of benzene rings is 1. The highest BCUT2D eigenvalue weighted by atomic mass is 35.7. The summed E-state index contributed by atoms with van der Waals surface area (Å²) in [5.74, 6) is 1.03. The van der Waals surface area contributed by atoms with Crippen molar-refractivity contribution in [1.82, 2.24) is 0 Å². The monoisotopic (exact) mass is 320 g/mol. The van der Waals surface area contributed by atoms with E-state index in [0.29, 0.717) is 11.5 Å². The topological polar surface area (TPSA) is 52.6 Å². The van der Waals surface area contributed by atoms with E-state index in [4.69, 9.17) is 20.2 Å². The van der Waals surface area contributed by atoms with Crippen molar-refractivity contribution in [2.45, 2.75) is 20.8 Å². The summed E-state index contributed by atoms with van der Waals surface area (Å²) < 4.78 is 33.4. The first kappa shape index (κ1) is 17.1. The van der Waals surface area contributed by atoms with Crippen LogP contribution in [0.3, 0.4) is 0 Å². The lowest BCUT2D eigenvalue weighted by Gasteiger charge is -2.29. The largest absolute Gasteiger partial charge is 0.497 e. The van der Waals surface area contributed by atoms with Crippen molar-refractivity contribution in [3.8, 4) is 11.5 Å². The van der Waals surface area contributed by atoms with E-state index < -0.39 is 9.05 Å². The highest BCUT2D eigenvalue weighted by Crippen LogP contribution is 2.29. The van der Waals surface area contributed by atoms with Crippen LogP contribution in [0.2, 0.25) is 0 Å². The molecule has 0 N–H and O–H groups in total. The van der Waals surface area contributed by atoms with Crippen LogP contribution in [0.15, 0.2) is 24.3 Å². The van der Waals surface area contributed by atoms with E-state index in [-0.39, 0.29) is 23.7 Å². The maximum absolute atomic E-state index is 11.3. The summed E-state index contributed by atoms with van der Waals surface area (Å²) in [7, 11) is 3.38. The van der Waals surface area contributed by atoms with Crippen molar-refractivity contribution in [1.29, 1.82) is 0 Å². The zero-order valence-corrected chi connectivity index (χ0v) is 13.8. The third-order valence-corrected chi connectivity index (χ3v) is 4.30. The molecule has 1 rings (SSSR count). The Morgan fingerprint density at radius 3 is 2.35 bits per heavy atom. The average Bonchev–Trinajstić information content (AvgIpc) is 2.32. The number of halogens is 1. The Morgan fingerprint density at radius 1 is 1.25 bits per heavy atom. The summed E-state index contributed by atoms with van der Waals surface area (Å²) in [6, 6.07) is 7.20. The van der Waals surface area contributed by atoms with E-state index in [1.807, 2.05) is 32.9 Å². The maximum atomic E-state index is 11.3. The van der Waals surface area contributed by atoms with E-state index in [1.54, 1.807) is 19.2 Å². The Hall–Kier alpha value is -0.940. The first-order chi connectivity index (χ1) is 9.12. The fourth-order valence-corrected chi connectivity index (χ4v) is 3.21. The molecule has 114 valence electrons. The number of hydrogen-bond donors (Lipinski definition) is 0. The molecule has 0 saturated heterocycles. The quantitative estimate of drug-likeness (QED) is 0.755. The predicted octanol–water partition coefficient (Wildman–Crippen LogP) is 3.30. The van der Waals surface area contributed by atoms with Crippen molar-refractivity contribution >= 4 is 19.7 Å². The highest BCUT2D eigenvalue weighted by Gasteiger charge is 2.29. The molecule has 0 fully saturated rings. The molecule has 0 heterocycles. The smallest absolute Gasteiger partial charge is 0.233 e. The van der Waals surface area contributed by atoms with Crippen molar-refractivity contribution in [3.63, 3.8) is 0 Å². The molecule has 1 aromatic carbocycles. The number of hydrogen-bond acceptors (Lipinski definition) is 4. The second-order valence-electron chi connectivity index (χ2n) is 5.76. The van der Waals surface area contributed by atoms with Gasteiger partial charge in [0.05, 0.1) is 19.5 Å². The number of methoxy groups -OCH3 is 1. The van der Waals surface area contributed by atoms with Crippen molar-refractivity contribution in [3.05, 3.63) is 24.3 Å². The van der Waals surface area contributed by atoms with Crippen molar-refractivity contribution in [2.75, 3.05) is 19.5 Å². The average molecular weight is 321 g/mol. The lowest BCUT2D eigenvalue weighted by Crippen LogP contribution is -2.31. The molecule has 6 heteroatoms. The Bertz CT molecular complexity index is 534. The van der Waals surface area contributed by atoms with Gasteiger partial charge in [-0.25, -0.2) is 8.42 Å². The number of rotatable bonds is 6. The molecule has 0 aliphatic heterocycles. The maximum Gasteiger partial charge on any atom is 0.233 e. The van der Waals surface area contributed by atoms with Crippen LogP contribution in [0, 0.1) is 11.3 Å². The molecule has 1 atom stereocenters. The van der Waals surface area contributed by atoms with E-state index in [1.165, 1.54) is 0 Å². The van der Waals surface area contributed by atoms with Gasteiger partial charge in [0.2, 0.25) is 9.05 Å². The molecule has 0 amide bonds. The molecule has 0 saturated carbocycles. The lowest BCUT2D eigenvalue weighted by atomic mass is 9.82. The minimum absolute atomic E-state index is 0.109. The third-order valence-electron chi connectivity index (χ3n) is 3.12. The standard InChI is InChI=1S/C14H21ClO4S/c1-14(2,3)11(10-20(15,16)17)9-19-13-7-5-6-12(8-13)18-4/h5-8,11H,9-10H2,1-4H3. The minimum atomic E-state index is -3.56. The van der Waals surface area contributed by atoms with E-state index in [2.05, 4.69) is 0 Å². The molecule has 0 radical (unpaired) electrons. The lowest BCUT2D eigenvalue weighted by molar-refractivity contribution is 0.163. The normalized spacial score (nSPS) is 13.8. The summed E-state index contributed by atoms with van der Waals surface area (Å²) in [6.45, 7) is 6.18. The van der Waals surface area contributed by atoms with Gasteiger partial charge in [-0.15, -0.1) is 0 Å². The van der Waals surface area contributed by atoms with Gasteiger partial charge in [0.15, 0.2) is 0 Å². The Labute approximate surface area is 125 Å². The molecular formula is C14H21ClO4S. The molecule has 1 unspecified atom stereocenters. The molecule has 1 aromatic rings. The van der Waals surface area contributed by atoms with Gasteiger partial charge in [0.25, 0.3) is 0 Å². The van der Waals surface area contributed by atoms with E-state index in [9.17, 15) is 8.42 Å². The molecule has 4 nitrogen and oxygen atoms in total. The zero-order valence-electron chi connectivity index (χ0n) is 12.2. The van der Waals surface area contributed by atoms with Crippen molar-refractivity contribution < 1.29 is 17.9 Å². The van der Waals surface area contributed by atoms with Crippen LogP contribution in [0.5, 0.6) is 11.5 Å². The fourth-order valence-electron chi connectivity index (χ4n) is 1.68. The second-order valence-corrected chi connectivity index (χ2v) is 8.58. The van der Waals surface area contributed by atoms with E-state index >= 15 is 0 Å². The molecule has 20 heavy (non-hydrogen) atoms. The summed E-state index contributed by atoms with van der Waals surface area (Å²) in [5, 5.41) is 0. The third kappa shape index (κ3) is 6.01. The van der Waals surface area contributed by atoms with Gasteiger partial charge in [0.1, 0.15) is 11.5 Å². The Morgan fingerprint density at radius 2 is 1.85 bits per heavy atom.